The predicted molar refractivity (Wildman–Crippen MR) is 101 cm³/mol. The van der Waals surface area contributed by atoms with Gasteiger partial charge in [-0.3, -0.25) is 9.69 Å². The van der Waals surface area contributed by atoms with E-state index >= 15 is 0 Å². The highest BCUT2D eigenvalue weighted by atomic mass is 32.1. The van der Waals surface area contributed by atoms with Crippen LogP contribution in [0.4, 0.5) is 4.39 Å². The third-order valence-corrected chi connectivity index (χ3v) is 5.50. The summed E-state index contributed by atoms with van der Waals surface area (Å²) in [5.41, 5.74) is 1.22. The normalized spacial score (nSPS) is 23.7. The highest BCUT2D eigenvalue weighted by Gasteiger charge is 2.40. The molecular weight excluding hydrogens is 353 g/mol. The van der Waals surface area contributed by atoms with E-state index in [0.29, 0.717) is 31.7 Å². The van der Waals surface area contributed by atoms with Gasteiger partial charge in [0.1, 0.15) is 5.82 Å². The zero-order chi connectivity index (χ0) is 18.7. The van der Waals surface area contributed by atoms with Crippen molar-refractivity contribution in [1.29, 1.82) is 0 Å². The molecule has 0 amide bonds. The summed E-state index contributed by atoms with van der Waals surface area (Å²) in [5, 5.41) is -0.0621. The van der Waals surface area contributed by atoms with Crippen molar-refractivity contribution in [1.82, 2.24) is 4.90 Å². The van der Waals surface area contributed by atoms with Gasteiger partial charge in [-0.1, -0.05) is 18.2 Å². The fraction of sp³-hybridized carbons (Fsp3) is 0.500. The highest BCUT2D eigenvalue weighted by molar-refractivity contribution is 7.81. The summed E-state index contributed by atoms with van der Waals surface area (Å²) in [6, 6.07) is 5.84. The summed E-state index contributed by atoms with van der Waals surface area (Å²) in [6.45, 7) is 3.10. The first-order chi connectivity index (χ1) is 12.5. The van der Waals surface area contributed by atoms with Gasteiger partial charge in [-0.15, -0.1) is 0 Å². The molecule has 26 heavy (non-hydrogen) atoms. The number of ether oxygens (including phenoxy) is 1. The molecule has 0 aromatic heterocycles. The monoisotopic (exact) mass is 377 g/mol. The Bertz CT molecular complexity index is 717. The molecule has 1 aromatic rings. The van der Waals surface area contributed by atoms with Gasteiger partial charge in [-0.25, -0.2) is 9.18 Å². The molecular formula is C20H24FNO3S. The lowest BCUT2D eigenvalue weighted by Crippen LogP contribution is -2.42. The molecule has 0 radical (unpaired) electrons. The fourth-order valence-electron chi connectivity index (χ4n) is 3.41. The number of benzene rings is 1. The quantitative estimate of drug-likeness (QED) is 0.469. The highest BCUT2D eigenvalue weighted by Crippen LogP contribution is 2.39. The molecule has 1 aliphatic carbocycles. The van der Waals surface area contributed by atoms with Gasteiger partial charge in [0.2, 0.25) is 0 Å². The van der Waals surface area contributed by atoms with Crippen molar-refractivity contribution in [2.24, 2.45) is 5.92 Å². The Labute approximate surface area is 158 Å². The van der Waals surface area contributed by atoms with Crippen molar-refractivity contribution >= 4 is 24.4 Å². The van der Waals surface area contributed by atoms with Crippen LogP contribution in [-0.4, -0.2) is 41.6 Å². The van der Waals surface area contributed by atoms with Crippen LogP contribution in [0.15, 0.2) is 35.9 Å². The molecule has 6 heteroatoms. The number of piperidine rings is 1. The van der Waals surface area contributed by atoms with Crippen LogP contribution in [-0.2, 0) is 14.3 Å². The number of hydrogen-bond donors (Lipinski definition) is 1. The summed E-state index contributed by atoms with van der Waals surface area (Å²) in [4.78, 5) is 26.7. The van der Waals surface area contributed by atoms with Crippen LogP contribution in [0.1, 0.15) is 37.8 Å². The molecule has 3 rings (SSSR count). The van der Waals surface area contributed by atoms with Gasteiger partial charge in [0.05, 0.1) is 12.6 Å². The second-order valence-electron chi connectivity index (χ2n) is 6.85. The number of carbonyl (C=O) groups excluding carboxylic acids is 2. The van der Waals surface area contributed by atoms with Crippen molar-refractivity contribution < 1.29 is 18.7 Å². The molecule has 2 unspecified atom stereocenters. The van der Waals surface area contributed by atoms with Gasteiger partial charge in [-0.2, -0.15) is 12.6 Å². The van der Waals surface area contributed by atoms with Crippen molar-refractivity contribution in [2.45, 2.75) is 37.5 Å². The molecule has 1 heterocycles. The Morgan fingerprint density at radius 1 is 1.35 bits per heavy atom. The standard InChI is InChI=1S/C20H24FNO3S/c1-2-25-18(23)11-14-12-22(10-9-17(14)26)19(20(24)13-7-8-13)15-5-3-4-6-16(15)21/h3-6,11,13,17,19,26H,2,7-10,12H2,1H3. The van der Waals surface area contributed by atoms with Gasteiger partial charge in [-0.05, 0) is 37.8 Å². The molecule has 2 aliphatic rings. The molecule has 1 aliphatic heterocycles. The van der Waals surface area contributed by atoms with E-state index in [1.165, 1.54) is 12.1 Å². The molecule has 0 bridgehead atoms. The molecule has 1 saturated carbocycles. The van der Waals surface area contributed by atoms with E-state index in [1.807, 2.05) is 4.90 Å². The average Bonchev–Trinajstić information content (AvgIpc) is 3.45. The minimum Gasteiger partial charge on any atom is -0.463 e. The van der Waals surface area contributed by atoms with Crippen LogP contribution < -0.4 is 0 Å². The molecule has 2 fully saturated rings. The van der Waals surface area contributed by atoms with Crippen LogP contribution in [0.25, 0.3) is 0 Å². The largest absolute Gasteiger partial charge is 0.463 e. The first kappa shape index (κ1) is 19.1. The summed E-state index contributed by atoms with van der Waals surface area (Å²) in [6.07, 6.45) is 3.90. The molecule has 1 aromatic carbocycles. The van der Waals surface area contributed by atoms with E-state index in [2.05, 4.69) is 12.6 Å². The Hall–Kier alpha value is -1.66. The maximum atomic E-state index is 14.4. The number of rotatable bonds is 6. The number of Topliss-reactive ketones (excluding diaryl/α,β-unsaturated/α-hetero) is 1. The lowest BCUT2D eigenvalue weighted by Gasteiger charge is -2.37. The summed E-state index contributed by atoms with van der Waals surface area (Å²) in [5.74, 6) is -0.677. The zero-order valence-electron chi connectivity index (χ0n) is 14.9. The lowest BCUT2D eigenvalue weighted by molar-refractivity contribution is -0.137. The molecule has 0 spiro atoms. The Kier molecular flexibility index (Phi) is 6.14. The second-order valence-corrected chi connectivity index (χ2v) is 7.47. The molecule has 140 valence electrons. The molecule has 0 N–H and O–H groups in total. The number of halogens is 1. The molecule has 2 atom stereocenters. The van der Waals surface area contributed by atoms with E-state index in [4.69, 9.17) is 4.74 Å². The fourth-order valence-corrected chi connectivity index (χ4v) is 3.68. The average molecular weight is 377 g/mol. The Morgan fingerprint density at radius 2 is 2.08 bits per heavy atom. The third-order valence-electron chi connectivity index (χ3n) is 4.91. The van der Waals surface area contributed by atoms with E-state index in [0.717, 1.165) is 18.4 Å². The Morgan fingerprint density at radius 3 is 2.73 bits per heavy atom. The van der Waals surface area contributed by atoms with Crippen molar-refractivity contribution in [3.05, 3.63) is 47.3 Å². The number of esters is 1. The van der Waals surface area contributed by atoms with Gasteiger partial charge in [0.25, 0.3) is 0 Å². The van der Waals surface area contributed by atoms with E-state index in [1.54, 1.807) is 25.1 Å². The summed E-state index contributed by atoms with van der Waals surface area (Å²) < 4.78 is 19.4. The van der Waals surface area contributed by atoms with Crippen LogP contribution in [0.3, 0.4) is 0 Å². The van der Waals surface area contributed by atoms with E-state index < -0.39 is 12.0 Å². The number of ketones is 1. The topological polar surface area (TPSA) is 46.6 Å². The van der Waals surface area contributed by atoms with Gasteiger partial charge in [0, 0.05) is 35.9 Å². The number of likely N-dealkylation sites (tertiary alicyclic amines) is 1. The van der Waals surface area contributed by atoms with Crippen LogP contribution in [0.2, 0.25) is 0 Å². The second kappa shape index (κ2) is 8.35. The first-order valence-corrected chi connectivity index (χ1v) is 9.60. The van der Waals surface area contributed by atoms with Crippen molar-refractivity contribution in [2.75, 3.05) is 19.7 Å². The molecule has 4 nitrogen and oxygen atoms in total. The van der Waals surface area contributed by atoms with Crippen molar-refractivity contribution in [3.8, 4) is 0 Å². The van der Waals surface area contributed by atoms with Crippen LogP contribution in [0.5, 0.6) is 0 Å². The third kappa shape index (κ3) is 4.35. The number of hydrogen-bond acceptors (Lipinski definition) is 5. The lowest BCUT2D eigenvalue weighted by atomic mass is 9.93. The number of nitrogens with zero attached hydrogens (tertiary/aromatic N) is 1. The molecule has 1 saturated heterocycles. The number of carbonyl (C=O) groups is 2. The summed E-state index contributed by atoms with van der Waals surface area (Å²) in [7, 11) is 0. The van der Waals surface area contributed by atoms with Crippen LogP contribution in [0, 0.1) is 11.7 Å². The Balaban J connectivity index is 1.88. The first-order valence-electron chi connectivity index (χ1n) is 9.08. The maximum absolute atomic E-state index is 14.4. The van der Waals surface area contributed by atoms with Gasteiger partial charge in [0.15, 0.2) is 5.78 Å². The SMILES string of the molecule is CCOC(=O)C=C1CN(C(C(=O)C2CC2)c2ccccc2F)CCC1S. The summed E-state index contributed by atoms with van der Waals surface area (Å²) >= 11 is 4.56. The van der Waals surface area contributed by atoms with Gasteiger partial charge < -0.3 is 4.74 Å². The maximum Gasteiger partial charge on any atom is 0.330 e. The minimum atomic E-state index is -0.616. The zero-order valence-corrected chi connectivity index (χ0v) is 15.8. The van der Waals surface area contributed by atoms with Gasteiger partial charge >= 0.3 is 5.97 Å². The predicted octanol–water partition coefficient (Wildman–Crippen LogP) is 3.34. The minimum absolute atomic E-state index is 0.0193. The number of thiol groups is 1. The van der Waals surface area contributed by atoms with E-state index in [-0.39, 0.29) is 22.8 Å². The van der Waals surface area contributed by atoms with E-state index in [9.17, 15) is 14.0 Å². The van der Waals surface area contributed by atoms with Crippen LogP contribution >= 0.6 is 12.6 Å². The van der Waals surface area contributed by atoms with Crippen molar-refractivity contribution in [3.63, 3.8) is 0 Å². The smallest absolute Gasteiger partial charge is 0.330 e.